The molecule has 42 heavy (non-hydrogen) atoms. The molecule has 1 fully saturated rings. The average Bonchev–Trinajstić information content (AvgIpc) is 3.61. The minimum Gasteiger partial charge on any atom is -0.383 e. The van der Waals surface area contributed by atoms with Crippen molar-refractivity contribution in [2.24, 2.45) is 10.7 Å². The van der Waals surface area contributed by atoms with Crippen LogP contribution in [0.25, 0.3) is 11.3 Å². The zero-order chi connectivity index (χ0) is 31.6. The molecule has 1 aliphatic heterocycles. The summed E-state index contributed by atoms with van der Waals surface area (Å²) in [5.41, 5.74) is 9.18. The molecule has 0 bridgehead atoms. The minimum absolute atomic E-state index is 0.124. The molecule has 0 saturated carbocycles. The molecule has 0 spiro atoms. The van der Waals surface area contributed by atoms with Crippen LogP contribution >= 0.6 is 0 Å². The molecule has 12 nitrogen and oxygen atoms in total. The van der Waals surface area contributed by atoms with Gasteiger partial charge in [0.05, 0.1) is 30.6 Å². The lowest BCUT2D eigenvalue weighted by Crippen LogP contribution is -2.33. The molecule has 2 heterocycles. The lowest BCUT2D eigenvalue weighted by Gasteiger charge is -2.12. The number of ether oxygens (including phenoxy) is 1. The van der Waals surface area contributed by atoms with Gasteiger partial charge in [0.25, 0.3) is 0 Å². The van der Waals surface area contributed by atoms with Gasteiger partial charge in [-0.05, 0) is 45.8 Å². The Kier molecular flexibility index (Phi) is 23.7. The van der Waals surface area contributed by atoms with Crippen LogP contribution in [0.2, 0.25) is 0 Å². The number of nitrogens with two attached hydrogens (primary N) is 1. The molecule has 1 amide bonds. The number of rotatable bonds is 15. The highest BCUT2D eigenvalue weighted by molar-refractivity contribution is 5.71. The fourth-order valence-corrected chi connectivity index (χ4v) is 3.79. The smallest absolute Gasteiger partial charge is 0.207 e. The van der Waals surface area contributed by atoms with Gasteiger partial charge in [-0.25, -0.2) is 4.68 Å². The Hall–Kier alpha value is -3.13. The number of para-hydroxylation sites is 1. The first-order valence-corrected chi connectivity index (χ1v) is 14.6. The molecular formula is C30H55N9O3. The molecule has 1 unspecified atom stereocenters. The van der Waals surface area contributed by atoms with Gasteiger partial charge in [-0.1, -0.05) is 39.0 Å². The maximum Gasteiger partial charge on any atom is 0.207 e. The van der Waals surface area contributed by atoms with E-state index >= 15 is 0 Å². The van der Waals surface area contributed by atoms with Crippen LogP contribution in [0.3, 0.4) is 0 Å². The number of hydrogen-bond acceptors (Lipinski definition) is 10. The predicted molar refractivity (Wildman–Crippen MR) is 175 cm³/mol. The van der Waals surface area contributed by atoms with Crippen LogP contribution in [-0.4, -0.2) is 108 Å². The second-order valence-corrected chi connectivity index (χ2v) is 8.88. The predicted octanol–water partition coefficient (Wildman–Crippen LogP) is 2.45. The van der Waals surface area contributed by atoms with Gasteiger partial charge in [0.15, 0.2) is 0 Å². The monoisotopic (exact) mass is 589 g/mol. The average molecular weight is 590 g/mol. The van der Waals surface area contributed by atoms with E-state index < -0.39 is 0 Å². The number of aromatic nitrogens is 2. The summed E-state index contributed by atoms with van der Waals surface area (Å²) in [6, 6.07) is 10.2. The summed E-state index contributed by atoms with van der Waals surface area (Å²) in [5.74, 6) is 0.983. The molecule has 6 N–H and O–H groups in total. The largest absolute Gasteiger partial charge is 0.383 e. The SMILES string of the molecule is C=N/C=C(\CNCCC)c1nn(-c2ccccc2)c(NC)c1C.CC.CNCCN.COCCN1CC(NC=O)CO1. The van der Waals surface area contributed by atoms with Gasteiger partial charge >= 0.3 is 0 Å². The molecule has 1 saturated heterocycles. The van der Waals surface area contributed by atoms with Crippen LogP contribution in [0, 0.1) is 6.92 Å². The molecule has 12 heteroatoms. The maximum absolute atomic E-state index is 10.1. The van der Waals surface area contributed by atoms with Crippen LogP contribution in [0.15, 0.2) is 41.5 Å². The maximum atomic E-state index is 10.1. The van der Waals surface area contributed by atoms with Crippen molar-refractivity contribution < 1.29 is 14.4 Å². The molecule has 2 aromatic rings. The summed E-state index contributed by atoms with van der Waals surface area (Å²) in [6.45, 7) is 17.8. The first-order valence-electron chi connectivity index (χ1n) is 14.6. The van der Waals surface area contributed by atoms with E-state index in [-0.39, 0.29) is 6.04 Å². The zero-order valence-electron chi connectivity index (χ0n) is 26.8. The quantitative estimate of drug-likeness (QED) is 0.120. The van der Waals surface area contributed by atoms with E-state index in [0.717, 1.165) is 74.0 Å². The van der Waals surface area contributed by atoms with Crippen molar-refractivity contribution >= 4 is 24.5 Å². The summed E-state index contributed by atoms with van der Waals surface area (Å²) in [5, 5.41) is 18.8. The zero-order valence-corrected chi connectivity index (χ0v) is 26.8. The first kappa shape index (κ1) is 38.9. The van der Waals surface area contributed by atoms with E-state index in [1.54, 1.807) is 18.4 Å². The number of benzene rings is 1. The van der Waals surface area contributed by atoms with Crippen molar-refractivity contribution in [3.05, 3.63) is 47.8 Å². The van der Waals surface area contributed by atoms with Gasteiger partial charge in [-0.15, -0.1) is 0 Å². The third-order valence-corrected chi connectivity index (χ3v) is 5.78. The van der Waals surface area contributed by atoms with Crippen LogP contribution < -0.4 is 27.0 Å². The van der Waals surface area contributed by atoms with Gasteiger partial charge in [0, 0.05) is 64.2 Å². The van der Waals surface area contributed by atoms with Gasteiger partial charge in [-0.3, -0.25) is 14.6 Å². The number of carbonyl (C=O) groups is 1. The molecule has 1 aromatic carbocycles. The van der Waals surface area contributed by atoms with Crippen molar-refractivity contribution in [3.8, 4) is 5.69 Å². The topological polar surface area (TPSA) is 143 Å². The molecular weight excluding hydrogens is 534 g/mol. The van der Waals surface area contributed by atoms with Crippen LogP contribution in [-0.2, 0) is 14.4 Å². The summed E-state index contributed by atoms with van der Waals surface area (Å²) in [4.78, 5) is 19.3. The number of nitrogens with zero attached hydrogens (tertiary/aromatic N) is 4. The highest BCUT2D eigenvalue weighted by Gasteiger charge is 2.22. The molecule has 0 radical (unpaired) electrons. The lowest BCUT2D eigenvalue weighted by molar-refractivity contribution is -0.118. The van der Waals surface area contributed by atoms with Gasteiger partial charge < -0.3 is 31.7 Å². The summed E-state index contributed by atoms with van der Waals surface area (Å²) < 4.78 is 6.82. The third-order valence-electron chi connectivity index (χ3n) is 5.78. The van der Waals surface area contributed by atoms with Gasteiger partial charge in [0.2, 0.25) is 6.41 Å². The molecule has 1 aliphatic rings. The fraction of sp³-hybridized carbons (Fsp3) is 0.567. The Morgan fingerprint density at radius 2 is 1.98 bits per heavy atom. The highest BCUT2D eigenvalue weighted by Crippen LogP contribution is 2.27. The molecule has 0 aliphatic carbocycles. The number of hydroxylamine groups is 2. The van der Waals surface area contributed by atoms with E-state index in [1.807, 2.05) is 63.0 Å². The Morgan fingerprint density at radius 3 is 2.50 bits per heavy atom. The van der Waals surface area contributed by atoms with Crippen molar-refractivity contribution in [1.82, 2.24) is 30.8 Å². The van der Waals surface area contributed by atoms with E-state index in [0.29, 0.717) is 19.6 Å². The Morgan fingerprint density at radius 1 is 1.26 bits per heavy atom. The summed E-state index contributed by atoms with van der Waals surface area (Å²) >= 11 is 0. The number of likely N-dealkylation sites (N-methyl/N-ethyl adjacent to an activating group) is 1. The van der Waals surface area contributed by atoms with Crippen LogP contribution in [0.1, 0.15) is 38.4 Å². The molecule has 3 rings (SSSR count). The standard InChI is InChI=1S/C18H25N5.C7H14N2O3.C3H10N2.C2H6/c1-5-11-21-13-15(12-19-3)17-14(2)18(20-4)23(22-17)16-9-7-6-8-10-16;1-11-3-2-9-4-7(5-12-9)8-6-10;1-5-3-2-4;1-2/h6-10,12,20-21H,3,5,11,13H2,1-2,4H3;6-7H,2-5H2,1H3,(H,8,10);5H,2-4H2,1H3;1-2H3/b15-12+;;;. The Bertz CT molecular complexity index is 982. The van der Waals surface area contributed by atoms with E-state index in [2.05, 4.69) is 46.8 Å². The minimum atomic E-state index is 0.124. The number of carbonyl (C=O) groups excluding carboxylic acids is 1. The Labute approximate surface area is 253 Å². The second-order valence-electron chi connectivity index (χ2n) is 8.88. The summed E-state index contributed by atoms with van der Waals surface area (Å²) in [6.07, 6.45) is 3.58. The fourth-order valence-electron chi connectivity index (χ4n) is 3.79. The van der Waals surface area contributed by atoms with Crippen molar-refractivity contribution in [2.75, 3.05) is 79.0 Å². The summed E-state index contributed by atoms with van der Waals surface area (Å²) in [7, 11) is 5.45. The van der Waals surface area contributed by atoms with Crippen LogP contribution in [0.4, 0.5) is 5.82 Å². The third kappa shape index (κ3) is 14.7. The number of anilines is 1. The van der Waals surface area contributed by atoms with Gasteiger partial charge in [0.1, 0.15) is 5.82 Å². The van der Waals surface area contributed by atoms with E-state index in [1.165, 1.54) is 0 Å². The molecule has 238 valence electrons. The van der Waals surface area contributed by atoms with Crippen LogP contribution in [0.5, 0.6) is 0 Å². The molecule has 1 atom stereocenters. The molecule has 1 aromatic heterocycles. The Balaban J connectivity index is 0.000000736. The normalized spacial score (nSPS) is 14.4. The number of hydrogen-bond donors (Lipinski definition) is 5. The first-order chi connectivity index (χ1) is 20.5. The number of amides is 1. The van der Waals surface area contributed by atoms with Crippen molar-refractivity contribution in [3.63, 3.8) is 0 Å². The van der Waals surface area contributed by atoms with E-state index in [4.69, 9.17) is 20.4 Å². The van der Waals surface area contributed by atoms with Crippen molar-refractivity contribution in [2.45, 2.75) is 40.2 Å². The highest BCUT2D eigenvalue weighted by atomic mass is 16.7. The number of aliphatic imine (C=N–C) groups is 1. The van der Waals surface area contributed by atoms with Crippen molar-refractivity contribution in [1.29, 1.82) is 0 Å². The van der Waals surface area contributed by atoms with E-state index in [9.17, 15) is 4.79 Å². The second kappa shape index (κ2) is 25.6. The number of nitrogens with one attached hydrogen (secondary N) is 4. The lowest BCUT2D eigenvalue weighted by atomic mass is 10.1. The van der Waals surface area contributed by atoms with Gasteiger partial charge in [-0.2, -0.15) is 10.2 Å². The number of methoxy groups -OCH3 is 1.